The van der Waals surface area contributed by atoms with E-state index in [0.717, 1.165) is 12.8 Å². The van der Waals surface area contributed by atoms with Crippen molar-refractivity contribution in [1.29, 1.82) is 0 Å². The largest absolute Gasteiger partial charge is 0.349 e. The number of rotatable bonds is 5. The molecular weight excluding hydrogens is 344 g/mol. The van der Waals surface area contributed by atoms with Gasteiger partial charge in [-0.3, -0.25) is 19.8 Å². The van der Waals surface area contributed by atoms with Crippen molar-refractivity contribution in [3.63, 3.8) is 0 Å². The zero-order chi connectivity index (χ0) is 18.1. The van der Waals surface area contributed by atoms with Gasteiger partial charge in [-0.15, -0.1) is 0 Å². The molecule has 0 radical (unpaired) electrons. The van der Waals surface area contributed by atoms with Crippen molar-refractivity contribution in [3.05, 3.63) is 28.3 Å². The minimum absolute atomic E-state index is 0.0543. The van der Waals surface area contributed by atoms with Gasteiger partial charge in [-0.05, 0) is 50.3 Å². The molecule has 1 aromatic carbocycles. The number of hydrogen-bond donors (Lipinski definition) is 4. The second-order valence-corrected chi connectivity index (χ2v) is 7.12. The molecule has 7 nitrogen and oxygen atoms in total. The minimum Gasteiger partial charge on any atom is -0.349 e. The number of carbonyl (C=O) groups is 3. The number of anilines is 1. The molecule has 1 saturated heterocycles. The summed E-state index contributed by atoms with van der Waals surface area (Å²) in [7, 11) is 0. The molecule has 1 aromatic rings. The predicted molar refractivity (Wildman–Crippen MR) is 94.2 cm³/mol. The topological polar surface area (TPSA) is 99.3 Å². The molecule has 1 aliphatic carbocycles. The summed E-state index contributed by atoms with van der Waals surface area (Å²) in [6.45, 7) is 3.75. The Labute approximate surface area is 150 Å². The van der Waals surface area contributed by atoms with Crippen LogP contribution >= 0.6 is 11.6 Å². The molecule has 3 rings (SSSR count). The molecular formula is C17H21ClN4O3. The van der Waals surface area contributed by atoms with Crippen molar-refractivity contribution in [2.75, 3.05) is 5.32 Å². The number of carbonyl (C=O) groups excluding carboxylic acids is 3. The number of amides is 3. The van der Waals surface area contributed by atoms with Crippen LogP contribution in [0.2, 0.25) is 5.02 Å². The first-order chi connectivity index (χ1) is 11.8. The van der Waals surface area contributed by atoms with E-state index in [1.807, 2.05) is 6.92 Å². The maximum Gasteiger partial charge on any atom is 0.253 e. The van der Waals surface area contributed by atoms with Gasteiger partial charge in [0.05, 0.1) is 17.7 Å². The number of benzene rings is 1. The van der Waals surface area contributed by atoms with Gasteiger partial charge in [-0.1, -0.05) is 11.6 Å². The normalized spacial score (nSPS) is 20.8. The van der Waals surface area contributed by atoms with Gasteiger partial charge in [0, 0.05) is 11.1 Å². The fraction of sp³-hybridized carbons (Fsp3) is 0.471. The summed E-state index contributed by atoms with van der Waals surface area (Å²) < 4.78 is 0. The van der Waals surface area contributed by atoms with Crippen LogP contribution < -0.4 is 21.5 Å². The van der Waals surface area contributed by atoms with E-state index in [0.29, 0.717) is 27.8 Å². The predicted octanol–water partition coefficient (Wildman–Crippen LogP) is 1.51. The maximum atomic E-state index is 12.7. The van der Waals surface area contributed by atoms with Gasteiger partial charge in [0.2, 0.25) is 11.8 Å². The van der Waals surface area contributed by atoms with Gasteiger partial charge < -0.3 is 10.6 Å². The summed E-state index contributed by atoms with van der Waals surface area (Å²) in [6.07, 6.45) is 2.29. The lowest BCUT2D eigenvalue weighted by atomic mass is 10.1. The lowest BCUT2D eigenvalue weighted by molar-refractivity contribution is -0.121. The van der Waals surface area contributed by atoms with E-state index in [1.54, 1.807) is 19.1 Å². The molecule has 8 heteroatoms. The summed E-state index contributed by atoms with van der Waals surface area (Å²) in [5.74, 6) is -0.381. The van der Waals surface area contributed by atoms with Crippen LogP contribution in [0.5, 0.6) is 0 Å². The van der Waals surface area contributed by atoms with Crippen LogP contribution in [-0.4, -0.2) is 29.8 Å². The molecule has 4 N–H and O–H groups in total. The third-order valence-corrected chi connectivity index (χ3v) is 4.79. The monoisotopic (exact) mass is 364 g/mol. The van der Waals surface area contributed by atoms with E-state index in [-0.39, 0.29) is 30.2 Å². The fourth-order valence-electron chi connectivity index (χ4n) is 2.91. The average Bonchev–Trinajstić information content (AvgIpc) is 3.31. The lowest BCUT2D eigenvalue weighted by Gasteiger charge is -2.18. The Morgan fingerprint density at radius 1 is 1.32 bits per heavy atom. The number of nitrogens with one attached hydrogen (secondary N) is 4. The molecule has 0 spiro atoms. The second kappa shape index (κ2) is 7.01. The van der Waals surface area contributed by atoms with Crippen LogP contribution in [0.4, 0.5) is 5.69 Å². The lowest BCUT2D eigenvalue weighted by Crippen LogP contribution is -2.40. The Balaban J connectivity index is 1.80. The van der Waals surface area contributed by atoms with Gasteiger partial charge in [-0.25, -0.2) is 5.43 Å². The van der Waals surface area contributed by atoms with Gasteiger partial charge >= 0.3 is 0 Å². The van der Waals surface area contributed by atoms with Gasteiger partial charge in [0.15, 0.2) is 0 Å². The summed E-state index contributed by atoms with van der Waals surface area (Å²) >= 11 is 6.10. The molecule has 2 atom stereocenters. The molecule has 0 bridgehead atoms. The van der Waals surface area contributed by atoms with Crippen LogP contribution in [0.25, 0.3) is 0 Å². The molecule has 0 aromatic heterocycles. The molecule has 3 amide bonds. The molecule has 2 fully saturated rings. The van der Waals surface area contributed by atoms with E-state index in [9.17, 15) is 14.4 Å². The number of halogens is 1. The Morgan fingerprint density at radius 3 is 2.64 bits per heavy atom. The Morgan fingerprint density at radius 2 is 2.04 bits per heavy atom. The van der Waals surface area contributed by atoms with Crippen molar-refractivity contribution >= 4 is 35.0 Å². The molecule has 2 aliphatic rings. The van der Waals surface area contributed by atoms with Crippen molar-refractivity contribution in [2.24, 2.45) is 5.92 Å². The van der Waals surface area contributed by atoms with Crippen LogP contribution in [0.1, 0.15) is 42.1 Å². The molecule has 2 unspecified atom stereocenters. The summed E-state index contributed by atoms with van der Waals surface area (Å²) in [5, 5.41) is 6.15. The highest BCUT2D eigenvalue weighted by Crippen LogP contribution is 2.33. The molecule has 134 valence electrons. The van der Waals surface area contributed by atoms with Gasteiger partial charge in [0.25, 0.3) is 5.91 Å². The van der Waals surface area contributed by atoms with E-state index in [4.69, 9.17) is 11.6 Å². The van der Waals surface area contributed by atoms with E-state index in [1.165, 1.54) is 0 Å². The van der Waals surface area contributed by atoms with E-state index in [2.05, 4.69) is 21.5 Å². The van der Waals surface area contributed by atoms with Crippen LogP contribution in [-0.2, 0) is 9.59 Å². The Hall–Kier alpha value is -2.12. The first-order valence-corrected chi connectivity index (χ1v) is 8.69. The van der Waals surface area contributed by atoms with Crippen molar-refractivity contribution in [2.45, 2.75) is 45.2 Å². The van der Waals surface area contributed by atoms with Crippen molar-refractivity contribution in [3.8, 4) is 0 Å². The van der Waals surface area contributed by atoms with Gasteiger partial charge in [-0.2, -0.15) is 0 Å². The van der Waals surface area contributed by atoms with Gasteiger partial charge in [0.1, 0.15) is 6.04 Å². The number of aryl methyl sites for hydroxylation is 1. The smallest absolute Gasteiger partial charge is 0.253 e. The zero-order valence-electron chi connectivity index (χ0n) is 14.1. The van der Waals surface area contributed by atoms with Crippen LogP contribution in [0, 0.1) is 12.8 Å². The summed E-state index contributed by atoms with van der Waals surface area (Å²) in [4.78, 5) is 36.3. The standard InChI is InChI=1S/C17H21ClN4O3/c1-8-5-11(18)6-12(16(24)19-9(2)10-3-4-10)15(8)20-17(25)13-7-14(23)22-21-13/h5-6,9-10,13,21H,3-4,7H2,1-2H3,(H,19,24)(H,20,25)(H,22,23). The fourth-order valence-corrected chi connectivity index (χ4v) is 3.18. The van der Waals surface area contributed by atoms with Crippen molar-refractivity contribution < 1.29 is 14.4 Å². The quantitative estimate of drug-likeness (QED) is 0.636. The number of hydrogen-bond acceptors (Lipinski definition) is 4. The number of hydrazine groups is 1. The molecule has 25 heavy (non-hydrogen) atoms. The maximum absolute atomic E-state index is 12.7. The SMILES string of the molecule is Cc1cc(Cl)cc(C(=O)NC(C)C2CC2)c1NC(=O)C1CC(=O)NN1. The molecule has 1 heterocycles. The first-order valence-electron chi connectivity index (χ1n) is 8.31. The molecule has 1 aliphatic heterocycles. The van der Waals surface area contributed by atoms with Crippen LogP contribution in [0.15, 0.2) is 12.1 Å². The van der Waals surface area contributed by atoms with E-state index >= 15 is 0 Å². The minimum atomic E-state index is -0.677. The zero-order valence-corrected chi connectivity index (χ0v) is 14.9. The summed E-state index contributed by atoms with van der Waals surface area (Å²) in [5.41, 5.74) is 6.43. The first kappa shape index (κ1) is 17.7. The van der Waals surface area contributed by atoms with Crippen LogP contribution in [0.3, 0.4) is 0 Å². The Bertz CT molecular complexity index is 733. The van der Waals surface area contributed by atoms with Crippen molar-refractivity contribution in [1.82, 2.24) is 16.2 Å². The highest BCUT2D eigenvalue weighted by Gasteiger charge is 2.31. The van der Waals surface area contributed by atoms with E-state index < -0.39 is 6.04 Å². The highest BCUT2D eigenvalue weighted by molar-refractivity contribution is 6.31. The Kier molecular flexibility index (Phi) is 4.96. The third-order valence-electron chi connectivity index (χ3n) is 4.57. The second-order valence-electron chi connectivity index (χ2n) is 6.68. The summed E-state index contributed by atoms with van der Waals surface area (Å²) in [6, 6.07) is 2.63. The average molecular weight is 365 g/mol. The highest BCUT2D eigenvalue weighted by atomic mass is 35.5. The molecule has 1 saturated carbocycles. The third kappa shape index (κ3) is 4.11.